The third-order valence-corrected chi connectivity index (χ3v) is 3.33. The lowest BCUT2D eigenvalue weighted by Gasteiger charge is -2.24. The van der Waals surface area contributed by atoms with Crippen molar-refractivity contribution in [2.45, 2.75) is 32.2 Å². The van der Waals surface area contributed by atoms with E-state index < -0.39 is 10.9 Å². The van der Waals surface area contributed by atoms with Gasteiger partial charge in [0.15, 0.2) is 5.75 Å². The van der Waals surface area contributed by atoms with E-state index in [2.05, 4.69) is 0 Å². The molecule has 0 saturated heterocycles. The van der Waals surface area contributed by atoms with Crippen molar-refractivity contribution < 1.29 is 19.6 Å². The first-order chi connectivity index (χ1) is 10.0. The average molecular weight is 294 g/mol. The molecule has 1 aliphatic rings. The number of aliphatic carboxylic acids is 1. The van der Waals surface area contributed by atoms with Gasteiger partial charge in [-0.15, -0.1) is 0 Å². The van der Waals surface area contributed by atoms with Crippen LogP contribution < -0.4 is 9.64 Å². The molecule has 0 atom stereocenters. The maximum absolute atomic E-state index is 11.0. The second-order valence-corrected chi connectivity index (χ2v) is 4.91. The van der Waals surface area contributed by atoms with Gasteiger partial charge in [-0.3, -0.25) is 14.9 Å². The van der Waals surface area contributed by atoms with Gasteiger partial charge in [-0.1, -0.05) is 0 Å². The minimum Gasteiger partial charge on any atom is -0.487 e. The van der Waals surface area contributed by atoms with Crippen LogP contribution in [-0.4, -0.2) is 35.2 Å². The summed E-state index contributed by atoms with van der Waals surface area (Å²) in [5, 5.41) is 19.8. The number of carboxylic acids is 1. The van der Waals surface area contributed by atoms with E-state index in [1.54, 1.807) is 19.1 Å². The zero-order valence-electron chi connectivity index (χ0n) is 11.8. The summed E-state index contributed by atoms with van der Waals surface area (Å²) in [6.45, 7) is 2.49. The van der Waals surface area contributed by atoms with Crippen molar-refractivity contribution in [3.8, 4) is 5.75 Å². The van der Waals surface area contributed by atoms with E-state index in [4.69, 9.17) is 9.84 Å². The molecule has 7 heteroatoms. The fraction of sp³-hybridized carbons (Fsp3) is 0.500. The molecule has 0 bridgehead atoms. The number of nitrogens with zero attached hydrogens (tertiary/aromatic N) is 2. The minimum absolute atomic E-state index is 0.0391. The monoisotopic (exact) mass is 294 g/mol. The molecule has 114 valence electrons. The van der Waals surface area contributed by atoms with Crippen LogP contribution in [0.3, 0.4) is 0 Å². The number of hydrogen-bond acceptors (Lipinski definition) is 5. The summed E-state index contributed by atoms with van der Waals surface area (Å²) < 4.78 is 5.33. The molecular formula is C14H18N2O5. The van der Waals surface area contributed by atoms with E-state index in [0.29, 0.717) is 19.2 Å². The Hall–Kier alpha value is -2.31. The lowest BCUT2D eigenvalue weighted by Crippen LogP contribution is -2.28. The molecule has 1 aromatic carbocycles. The van der Waals surface area contributed by atoms with Crippen LogP contribution >= 0.6 is 0 Å². The molecule has 1 aliphatic carbocycles. The van der Waals surface area contributed by atoms with Gasteiger partial charge in [0, 0.05) is 30.4 Å². The Bertz CT molecular complexity index is 542. The Morgan fingerprint density at radius 1 is 1.52 bits per heavy atom. The molecule has 1 aromatic rings. The van der Waals surface area contributed by atoms with Crippen LogP contribution in [0.2, 0.25) is 0 Å². The van der Waals surface area contributed by atoms with Crippen LogP contribution in [-0.2, 0) is 4.79 Å². The molecule has 2 rings (SSSR count). The number of benzene rings is 1. The Kier molecular flexibility index (Phi) is 4.62. The van der Waals surface area contributed by atoms with Crippen LogP contribution in [0.15, 0.2) is 18.2 Å². The summed E-state index contributed by atoms with van der Waals surface area (Å²) in [5.74, 6) is -0.631. The van der Waals surface area contributed by atoms with Gasteiger partial charge in [0.25, 0.3) is 0 Å². The maximum atomic E-state index is 11.0. The first kappa shape index (κ1) is 15.1. The summed E-state index contributed by atoms with van der Waals surface area (Å²) in [6.07, 6.45) is 2.07. The van der Waals surface area contributed by atoms with Crippen molar-refractivity contribution >= 4 is 17.3 Å². The molecule has 0 aliphatic heterocycles. The average Bonchev–Trinajstić information content (AvgIpc) is 3.23. The zero-order valence-corrected chi connectivity index (χ0v) is 11.8. The molecule has 1 N–H and O–H groups in total. The van der Waals surface area contributed by atoms with E-state index in [1.165, 1.54) is 6.07 Å². The number of hydrogen-bond donors (Lipinski definition) is 1. The third-order valence-electron chi connectivity index (χ3n) is 3.33. The smallest absolute Gasteiger partial charge is 0.311 e. The highest BCUT2D eigenvalue weighted by Crippen LogP contribution is 2.36. The number of ether oxygens (including phenoxy) is 1. The molecule has 0 aromatic heterocycles. The Balaban J connectivity index is 2.25. The van der Waals surface area contributed by atoms with E-state index in [-0.39, 0.29) is 17.9 Å². The van der Waals surface area contributed by atoms with E-state index in [0.717, 1.165) is 18.5 Å². The van der Waals surface area contributed by atoms with Gasteiger partial charge in [0.05, 0.1) is 18.0 Å². The van der Waals surface area contributed by atoms with Crippen molar-refractivity contribution in [1.29, 1.82) is 0 Å². The standard InChI is InChI=1S/C14H18N2O5/c1-2-21-13-9-11(5-6-12(13)16(19)20)15(10-3-4-10)8-7-14(17)18/h5-6,9-10H,2-4,7-8H2,1H3,(H,17,18). The highest BCUT2D eigenvalue weighted by atomic mass is 16.6. The number of carboxylic acid groups (broad SMARTS) is 1. The van der Waals surface area contributed by atoms with Gasteiger partial charge in [0.1, 0.15) is 0 Å². The summed E-state index contributed by atoms with van der Waals surface area (Å²) >= 11 is 0. The van der Waals surface area contributed by atoms with Crippen molar-refractivity contribution in [3.63, 3.8) is 0 Å². The molecule has 0 radical (unpaired) electrons. The fourth-order valence-corrected chi connectivity index (χ4v) is 2.23. The summed E-state index contributed by atoms with van der Waals surface area (Å²) in [5.41, 5.74) is 0.697. The fourth-order valence-electron chi connectivity index (χ4n) is 2.23. The van der Waals surface area contributed by atoms with Crippen molar-refractivity contribution in [3.05, 3.63) is 28.3 Å². The van der Waals surface area contributed by atoms with Crippen LogP contribution in [0.4, 0.5) is 11.4 Å². The van der Waals surface area contributed by atoms with Gasteiger partial charge in [0.2, 0.25) is 0 Å². The topological polar surface area (TPSA) is 92.9 Å². The lowest BCUT2D eigenvalue weighted by atomic mass is 10.2. The number of carbonyl (C=O) groups is 1. The highest BCUT2D eigenvalue weighted by Gasteiger charge is 2.30. The molecule has 0 amide bonds. The van der Waals surface area contributed by atoms with Crippen molar-refractivity contribution in [2.75, 3.05) is 18.1 Å². The molecule has 0 unspecified atom stereocenters. The number of nitro benzene ring substituents is 1. The third kappa shape index (κ3) is 3.84. The summed E-state index contributed by atoms with van der Waals surface area (Å²) in [6, 6.07) is 5.01. The number of rotatable bonds is 8. The number of anilines is 1. The van der Waals surface area contributed by atoms with Gasteiger partial charge >= 0.3 is 11.7 Å². The van der Waals surface area contributed by atoms with Gasteiger partial charge < -0.3 is 14.7 Å². The van der Waals surface area contributed by atoms with Crippen LogP contribution in [0, 0.1) is 10.1 Å². The van der Waals surface area contributed by atoms with Crippen LogP contribution in [0.5, 0.6) is 5.75 Å². The van der Waals surface area contributed by atoms with Crippen LogP contribution in [0.1, 0.15) is 26.2 Å². The predicted molar refractivity (Wildman–Crippen MR) is 76.9 cm³/mol. The predicted octanol–water partition coefficient (Wildman–Crippen LogP) is 2.44. The van der Waals surface area contributed by atoms with E-state index >= 15 is 0 Å². The Morgan fingerprint density at radius 3 is 2.76 bits per heavy atom. The van der Waals surface area contributed by atoms with E-state index in [9.17, 15) is 14.9 Å². The highest BCUT2D eigenvalue weighted by molar-refractivity contribution is 5.68. The van der Waals surface area contributed by atoms with Gasteiger partial charge in [-0.2, -0.15) is 0 Å². The van der Waals surface area contributed by atoms with Crippen molar-refractivity contribution in [2.24, 2.45) is 0 Å². The van der Waals surface area contributed by atoms with Crippen LogP contribution in [0.25, 0.3) is 0 Å². The molecule has 21 heavy (non-hydrogen) atoms. The zero-order chi connectivity index (χ0) is 15.4. The minimum atomic E-state index is -0.854. The number of nitro groups is 1. The second kappa shape index (κ2) is 6.43. The maximum Gasteiger partial charge on any atom is 0.311 e. The largest absolute Gasteiger partial charge is 0.487 e. The Labute approximate surface area is 122 Å². The molecule has 0 spiro atoms. The van der Waals surface area contributed by atoms with Crippen molar-refractivity contribution in [1.82, 2.24) is 0 Å². The molecule has 0 heterocycles. The quantitative estimate of drug-likeness (QED) is 0.584. The van der Waals surface area contributed by atoms with E-state index in [1.807, 2.05) is 4.90 Å². The second-order valence-electron chi connectivity index (χ2n) is 4.91. The normalized spacial score (nSPS) is 13.8. The van der Waals surface area contributed by atoms with Gasteiger partial charge in [-0.05, 0) is 25.8 Å². The molecule has 1 saturated carbocycles. The first-order valence-corrected chi connectivity index (χ1v) is 6.92. The summed E-state index contributed by atoms with van der Waals surface area (Å²) in [4.78, 5) is 23.2. The summed E-state index contributed by atoms with van der Waals surface area (Å²) in [7, 11) is 0. The molecule has 1 fully saturated rings. The molecule has 7 nitrogen and oxygen atoms in total. The molecular weight excluding hydrogens is 276 g/mol. The lowest BCUT2D eigenvalue weighted by molar-refractivity contribution is -0.385. The van der Waals surface area contributed by atoms with Gasteiger partial charge in [-0.25, -0.2) is 0 Å². The SMILES string of the molecule is CCOc1cc(N(CCC(=O)O)C2CC2)ccc1[N+](=O)[O-]. The first-order valence-electron chi connectivity index (χ1n) is 6.92. The Morgan fingerprint density at radius 2 is 2.24 bits per heavy atom.